The Bertz CT molecular complexity index is 1040. The lowest BCUT2D eigenvalue weighted by atomic mass is 10.2. The Morgan fingerprint density at radius 2 is 1.43 bits per heavy atom. The first-order valence-electron chi connectivity index (χ1n) is 9.28. The number of anilines is 2. The lowest BCUT2D eigenvalue weighted by molar-refractivity contribution is -0.133. The molecule has 3 aromatic carbocycles. The molecule has 0 atom stereocenters. The second-order valence-electron chi connectivity index (χ2n) is 6.12. The zero-order valence-corrected chi connectivity index (χ0v) is 17.1. The van der Waals surface area contributed by atoms with E-state index in [2.05, 4.69) is 10.6 Å². The smallest absolute Gasteiger partial charge is 0.338 e. The third-order valence-electron chi connectivity index (χ3n) is 3.97. The second-order valence-corrected chi connectivity index (χ2v) is 7.23. The van der Waals surface area contributed by atoms with Gasteiger partial charge in [0.25, 0.3) is 0 Å². The van der Waals surface area contributed by atoms with Crippen LogP contribution in [0.2, 0.25) is 0 Å². The van der Waals surface area contributed by atoms with Crippen LogP contribution >= 0.6 is 11.8 Å². The number of rotatable bonds is 6. The van der Waals surface area contributed by atoms with E-state index in [9.17, 15) is 14.4 Å². The summed E-state index contributed by atoms with van der Waals surface area (Å²) in [7, 11) is 0. The van der Waals surface area contributed by atoms with Crippen LogP contribution in [0.15, 0.2) is 88.7 Å². The van der Waals surface area contributed by atoms with Gasteiger partial charge in [-0.25, -0.2) is 4.79 Å². The Kier molecular flexibility index (Phi) is 7.24. The molecule has 0 aliphatic heterocycles. The van der Waals surface area contributed by atoms with Gasteiger partial charge in [0.2, 0.25) is 0 Å². The third kappa shape index (κ3) is 5.71. The summed E-state index contributed by atoms with van der Waals surface area (Å²) in [6, 6.07) is 23.1. The first-order chi connectivity index (χ1) is 14.6. The average Bonchev–Trinajstić information content (AvgIpc) is 2.76. The molecule has 0 bridgehead atoms. The maximum absolute atomic E-state index is 12.4. The molecular formula is C23H20N2O4S. The van der Waals surface area contributed by atoms with Crippen LogP contribution in [0.4, 0.5) is 11.4 Å². The van der Waals surface area contributed by atoms with Crippen molar-refractivity contribution in [2.75, 3.05) is 17.2 Å². The fourth-order valence-corrected chi connectivity index (χ4v) is 3.47. The number of para-hydroxylation sites is 1. The maximum Gasteiger partial charge on any atom is 0.338 e. The maximum atomic E-state index is 12.4. The van der Waals surface area contributed by atoms with Crippen molar-refractivity contribution >= 4 is 40.9 Å². The van der Waals surface area contributed by atoms with Crippen molar-refractivity contribution in [3.8, 4) is 0 Å². The molecule has 152 valence electrons. The molecule has 2 amide bonds. The molecule has 30 heavy (non-hydrogen) atoms. The molecule has 0 aliphatic carbocycles. The summed E-state index contributed by atoms with van der Waals surface area (Å²) in [5.41, 5.74) is 1.31. The van der Waals surface area contributed by atoms with Crippen molar-refractivity contribution in [1.29, 1.82) is 0 Å². The van der Waals surface area contributed by atoms with E-state index in [-0.39, 0.29) is 6.61 Å². The molecule has 7 heteroatoms. The van der Waals surface area contributed by atoms with Crippen LogP contribution in [0.5, 0.6) is 0 Å². The molecule has 3 rings (SSSR count). The predicted octanol–water partition coefficient (Wildman–Crippen LogP) is 4.59. The van der Waals surface area contributed by atoms with Crippen LogP contribution in [0.3, 0.4) is 0 Å². The van der Waals surface area contributed by atoms with Crippen molar-refractivity contribution in [3.05, 3.63) is 84.4 Å². The molecule has 0 saturated carbocycles. The van der Waals surface area contributed by atoms with E-state index in [1.54, 1.807) is 19.1 Å². The van der Waals surface area contributed by atoms with E-state index < -0.39 is 17.8 Å². The van der Waals surface area contributed by atoms with Gasteiger partial charge in [-0.05, 0) is 55.5 Å². The van der Waals surface area contributed by atoms with Gasteiger partial charge in [0, 0.05) is 15.5 Å². The highest BCUT2D eigenvalue weighted by Crippen LogP contribution is 2.33. The zero-order chi connectivity index (χ0) is 21.3. The Hall–Kier alpha value is -3.58. The number of ether oxygens (including phenoxy) is 1. The second kappa shape index (κ2) is 10.3. The van der Waals surface area contributed by atoms with Crippen LogP contribution in [0.25, 0.3) is 0 Å². The molecule has 0 radical (unpaired) electrons. The monoisotopic (exact) mass is 420 g/mol. The molecule has 2 N–H and O–H groups in total. The summed E-state index contributed by atoms with van der Waals surface area (Å²) in [6.07, 6.45) is 0. The lowest BCUT2D eigenvalue weighted by Crippen LogP contribution is -2.29. The first kappa shape index (κ1) is 21.1. The highest BCUT2D eigenvalue weighted by molar-refractivity contribution is 7.99. The SMILES string of the molecule is CCOC(=O)c1ccc(NC(=O)C(=O)Nc2ccccc2Sc2ccccc2)cc1. The fraction of sp³-hybridized carbons (Fsp3) is 0.0870. The Morgan fingerprint density at radius 1 is 0.800 bits per heavy atom. The standard InChI is InChI=1S/C23H20N2O4S/c1-2-29-23(28)16-12-14-17(15-13-16)24-21(26)22(27)25-19-10-6-7-11-20(19)30-18-8-4-3-5-9-18/h3-15H,2H2,1H3,(H,24,26)(H,25,27). The normalized spacial score (nSPS) is 10.2. The Balaban J connectivity index is 1.64. The number of hydrogen-bond donors (Lipinski definition) is 2. The van der Waals surface area contributed by atoms with Crippen molar-refractivity contribution < 1.29 is 19.1 Å². The number of benzene rings is 3. The number of nitrogens with one attached hydrogen (secondary N) is 2. The molecular weight excluding hydrogens is 400 g/mol. The van der Waals surface area contributed by atoms with Crippen LogP contribution in [-0.4, -0.2) is 24.4 Å². The van der Waals surface area contributed by atoms with E-state index in [1.165, 1.54) is 36.0 Å². The summed E-state index contributed by atoms with van der Waals surface area (Å²) in [5.74, 6) is -2.04. The summed E-state index contributed by atoms with van der Waals surface area (Å²) in [5, 5.41) is 5.17. The highest BCUT2D eigenvalue weighted by Gasteiger charge is 2.16. The molecule has 6 nitrogen and oxygen atoms in total. The quantitative estimate of drug-likeness (QED) is 0.450. The average molecular weight is 420 g/mol. The fourth-order valence-electron chi connectivity index (χ4n) is 2.55. The number of hydrogen-bond acceptors (Lipinski definition) is 5. The van der Waals surface area contributed by atoms with Crippen molar-refractivity contribution in [1.82, 2.24) is 0 Å². The van der Waals surface area contributed by atoms with Gasteiger partial charge in [0.15, 0.2) is 0 Å². The zero-order valence-electron chi connectivity index (χ0n) is 16.3. The minimum absolute atomic E-state index is 0.279. The van der Waals surface area contributed by atoms with E-state index in [0.717, 1.165) is 9.79 Å². The van der Waals surface area contributed by atoms with Gasteiger partial charge in [0.1, 0.15) is 0 Å². The van der Waals surface area contributed by atoms with Gasteiger partial charge in [0.05, 0.1) is 17.9 Å². The minimum atomic E-state index is -0.807. The highest BCUT2D eigenvalue weighted by atomic mass is 32.2. The van der Waals surface area contributed by atoms with E-state index in [4.69, 9.17) is 4.74 Å². The largest absolute Gasteiger partial charge is 0.462 e. The van der Waals surface area contributed by atoms with E-state index >= 15 is 0 Å². The summed E-state index contributed by atoms with van der Waals surface area (Å²) >= 11 is 1.49. The Labute approximate surface area is 178 Å². The van der Waals surface area contributed by atoms with Crippen LogP contribution in [-0.2, 0) is 14.3 Å². The van der Waals surface area contributed by atoms with Crippen molar-refractivity contribution in [2.45, 2.75) is 16.7 Å². The summed E-state index contributed by atoms with van der Waals surface area (Å²) in [6.45, 7) is 2.00. The summed E-state index contributed by atoms with van der Waals surface area (Å²) < 4.78 is 4.91. The van der Waals surface area contributed by atoms with Crippen LogP contribution in [0, 0.1) is 0 Å². The van der Waals surface area contributed by atoms with Crippen LogP contribution < -0.4 is 10.6 Å². The lowest BCUT2D eigenvalue weighted by Gasteiger charge is -2.11. The molecule has 0 unspecified atom stereocenters. The van der Waals surface area contributed by atoms with Gasteiger partial charge in [-0.15, -0.1) is 0 Å². The first-order valence-corrected chi connectivity index (χ1v) is 10.1. The van der Waals surface area contributed by atoms with E-state index in [0.29, 0.717) is 16.9 Å². The molecule has 0 heterocycles. The summed E-state index contributed by atoms with van der Waals surface area (Å²) in [4.78, 5) is 38.2. The van der Waals surface area contributed by atoms with Crippen LogP contribution in [0.1, 0.15) is 17.3 Å². The van der Waals surface area contributed by atoms with Gasteiger partial charge in [-0.1, -0.05) is 42.1 Å². The topological polar surface area (TPSA) is 84.5 Å². The molecule has 0 aromatic heterocycles. The van der Waals surface area contributed by atoms with Crippen molar-refractivity contribution in [3.63, 3.8) is 0 Å². The molecule has 0 saturated heterocycles. The van der Waals surface area contributed by atoms with Gasteiger partial charge < -0.3 is 15.4 Å². The number of carbonyl (C=O) groups excluding carboxylic acids is 3. The number of amides is 2. The molecule has 0 aliphatic rings. The van der Waals surface area contributed by atoms with Gasteiger partial charge >= 0.3 is 17.8 Å². The van der Waals surface area contributed by atoms with Gasteiger partial charge in [-0.3, -0.25) is 9.59 Å². The molecule has 0 fully saturated rings. The predicted molar refractivity (Wildman–Crippen MR) is 117 cm³/mol. The number of carbonyl (C=O) groups is 3. The minimum Gasteiger partial charge on any atom is -0.462 e. The Morgan fingerprint density at radius 3 is 2.13 bits per heavy atom. The number of esters is 1. The molecule has 3 aromatic rings. The van der Waals surface area contributed by atoms with E-state index in [1.807, 2.05) is 42.5 Å². The molecule has 0 spiro atoms. The third-order valence-corrected chi connectivity index (χ3v) is 5.05. The van der Waals surface area contributed by atoms with Gasteiger partial charge in [-0.2, -0.15) is 0 Å². The van der Waals surface area contributed by atoms with Crippen molar-refractivity contribution in [2.24, 2.45) is 0 Å².